The Hall–Kier alpha value is -1.94. The third kappa shape index (κ3) is 66.6. The van der Waals surface area contributed by atoms with Crippen molar-refractivity contribution in [2.45, 2.75) is 408 Å². The second-order valence-electron chi connectivity index (χ2n) is 28.9. The number of aliphatic hydroxyl groups excluding tert-OH is 1. The van der Waals surface area contributed by atoms with Crippen molar-refractivity contribution in [1.82, 2.24) is 0 Å². The van der Waals surface area contributed by atoms with E-state index in [0.717, 1.165) is 126 Å². The molecule has 0 aliphatic carbocycles. The predicted molar refractivity (Wildman–Crippen MR) is 391 cm³/mol. The number of phosphoric acid groups is 2. The van der Waals surface area contributed by atoms with Crippen LogP contribution in [0, 0.1) is 23.7 Å². The van der Waals surface area contributed by atoms with E-state index in [0.29, 0.717) is 25.7 Å². The fourth-order valence-corrected chi connectivity index (χ4v) is 13.2. The second-order valence-corrected chi connectivity index (χ2v) is 31.9. The summed E-state index contributed by atoms with van der Waals surface area (Å²) < 4.78 is 68.5. The predicted octanol–water partition coefficient (Wildman–Crippen LogP) is 22.4. The minimum atomic E-state index is -4.96. The molecule has 0 aromatic rings. The van der Waals surface area contributed by atoms with Crippen molar-refractivity contribution >= 4 is 39.5 Å². The van der Waals surface area contributed by atoms with Gasteiger partial charge in [0.1, 0.15) is 19.3 Å². The lowest BCUT2D eigenvalue weighted by atomic mass is 9.99. The van der Waals surface area contributed by atoms with E-state index in [1.54, 1.807) is 0 Å². The Kier molecular flexibility index (Phi) is 65.0. The summed E-state index contributed by atoms with van der Waals surface area (Å²) in [4.78, 5) is 72.8. The normalized spacial score (nSPS) is 15.0. The van der Waals surface area contributed by atoms with Crippen LogP contribution in [0.3, 0.4) is 0 Å². The highest BCUT2D eigenvalue weighted by atomic mass is 31.2. The number of aliphatic hydroxyl groups is 1. The van der Waals surface area contributed by atoms with Crippen LogP contribution < -0.4 is 0 Å². The Morgan fingerprint density at radius 2 is 0.500 bits per heavy atom. The third-order valence-electron chi connectivity index (χ3n) is 18.9. The zero-order valence-corrected chi connectivity index (χ0v) is 64.8. The van der Waals surface area contributed by atoms with Gasteiger partial charge in [-0.15, -0.1) is 0 Å². The smallest absolute Gasteiger partial charge is 0.462 e. The van der Waals surface area contributed by atoms with E-state index < -0.39 is 97.5 Å². The van der Waals surface area contributed by atoms with Crippen molar-refractivity contribution in [2.75, 3.05) is 39.6 Å². The van der Waals surface area contributed by atoms with Gasteiger partial charge in [0, 0.05) is 25.7 Å². The highest BCUT2D eigenvalue weighted by molar-refractivity contribution is 7.47. The van der Waals surface area contributed by atoms with Crippen molar-refractivity contribution in [3.8, 4) is 0 Å². The SMILES string of the molecule is CCC(C)CCCCCCCCCCCCCCCCCCCCC(=O)O[C@H](COC(=O)CCCCCCCCC(C)CC)COP(=O)(O)OC[C@H](O)COP(=O)(O)OC[C@@H](COC(=O)CCCCCCCCC(C)CC)OC(=O)CCCCCCCCCCCCCC(C)C. The summed E-state index contributed by atoms with van der Waals surface area (Å²) >= 11 is 0. The van der Waals surface area contributed by atoms with Gasteiger partial charge in [0.15, 0.2) is 12.2 Å². The molecular weight excluding hydrogens is 1260 g/mol. The first kappa shape index (κ1) is 94.1. The molecule has 0 fully saturated rings. The van der Waals surface area contributed by atoms with Crippen LogP contribution in [0.15, 0.2) is 0 Å². The summed E-state index contributed by atoms with van der Waals surface area (Å²) in [5, 5.41) is 10.6. The summed E-state index contributed by atoms with van der Waals surface area (Å²) in [5.74, 6) is 0.975. The maximum absolute atomic E-state index is 13.1. The number of unbranched alkanes of at least 4 members (excludes halogenated alkanes) is 37. The van der Waals surface area contributed by atoms with Crippen LogP contribution in [0.5, 0.6) is 0 Å². The molecule has 17 nitrogen and oxygen atoms in total. The van der Waals surface area contributed by atoms with Gasteiger partial charge in [-0.2, -0.15) is 0 Å². The van der Waals surface area contributed by atoms with E-state index in [-0.39, 0.29) is 25.7 Å². The van der Waals surface area contributed by atoms with E-state index in [1.807, 2.05) is 0 Å². The molecule has 19 heteroatoms. The fraction of sp³-hybridized carbons (Fsp3) is 0.948. The van der Waals surface area contributed by atoms with Crippen molar-refractivity contribution in [1.29, 1.82) is 0 Å². The van der Waals surface area contributed by atoms with Gasteiger partial charge in [-0.3, -0.25) is 37.3 Å². The summed E-state index contributed by atoms with van der Waals surface area (Å²) in [7, 11) is -9.91. The Morgan fingerprint density at radius 3 is 0.740 bits per heavy atom. The monoisotopic (exact) mass is 1410 g/mol. The lowest BCUT2D eigenvalue weighted by Crippen LogP contribution is -2.30. The minimum Gasteiger partial charge on any atom is -0.462 e. The van der Waals surface area contributed by atoms with Crippen LogP contribution in [0.2, 0.25) is 0 Å². The fourth-order valence-electron chi connectivity index (χ4n) is 11.6. The molecule has 8 atom stereocenters. The summed E-state index contributed by atoms with van der Waals surface area (Å²) in [6.07, 6.45) is 51.5. The zero-order chi connectivity index (χ0) is 71.0. The van der Waals surface area contributed by atoms with Crippen molar-refractivity contribution in [3.05, 3.63) is 0 Å². The first-order chi connectivity index (χ1) is 46.2. The van der Waals surface area contributed by atoms with Crippen molar-refractivity contribution < 1.29 is 80.2 Å². The maximum Gasteiger partial charge on any atom is 0.472 e. The number of carbonyl (C=O) groups is 4. The average molecular weight is 1410 g/mol. The average Bonchev–Trinajstić information content (AvgIpc) is 1.19. The number of carbonyl (C=O) groups excluding carboxylic acids is 4. The van der Waals surface area contributed by atoms with Crippen LogP contribution in [-0.4, -0.2) is 96.7 Å². The first-order valence-electron chi connectivity index (χ1n) is 39.8. The molecule has 0 bridgehead atoms. The number of phosphoric ester groups is 2. The van der Waals surface area contributed by atoms with Gasteiger partial charge < -0.3 is 33.8 Å². The molecule has 0 amide bonds. The molecule has 5 unspecified atom stereocenters. The molecule has 0 aromatic heterocycles. The quantitative estimate of drug-likeness (QED) is 0.0222. The molecule has 0 saturated heterocycles. The molecule has 96 heavy (non-hydrogen) atoms. The molecule has 0 radical (unpaired) electrons. The molecule has 0 aliphatic heterocycles. The molecular formula is C77H150O17P2. The van der Waals surface area contributed by atoms with E-state index in [9.17, 15) is 43.2 Å². The molecule has 3 N–H and O–H groups in total. The van der Waals surface area contributed by atoms with Gasteiger partial charge in [-0.1, -0.05) is 338 Å². The summed E-state index contributed by atoms with van der Waals surface area (Å²) in [5.41, 5.74) is 0. The standard InChI is InChI=1S/C77H150O17P2/c1-9-68(6)54-46-38-30-26-22-18-16-14-12-13-15-17-19-23-27-31-43-51-59-76(81)93-72(63-87-74(79)57-49-41-35-33-39-47-55-69(7)10-2)65-91-95(83,84)89-61-71(78)62-90-96(85,86)92-66-73(64-88-75(80)58-50-42-36-34-40-48-56-70(8)11-3)94-77(82)60-52-44-32-28-24-20-21-25-29-37-45-53-67(4)5/h67-73,78H,9-66H2,1-8H3,(H,83,84)(H,85,86)/t68?,69?,70?,71-,72+,73+/m0/s1. The van der Waals surface area contributed by atoms with Crippen LogP contribution >= 0.6 is 15.6 Å². The van der Waals surface area contributed by atoms with E-state index in [1.165, 1.54) is 180 Å². The van der Waals surface area contributed by atoms with E-state index in [2.05, 4.69) is 55.4 Å². The Labute approximate surface area is 588 Å². The minimum absolute atomic E-state index is 0.105. The van der Waals surface area contributed by atoms with Crippen LogP contribution in [-0.2, 0) is 65.4 Å². The largest absolute Gasteiger partial charge is 0.472 e. The first-order valence-corrected chi connectivity index (χ1v) is 42.8. The number of rotatable bonds is 74. The molecule has 0 spiro atoms. The second kappa shape index (κ2) is 66.3. The topological polar surface area (TPSA) is 237 Å². The molecule has 0 heterocycles. The number of hydrogen-bond acceptors (Lipinski definition) is 15. The van der Waals surface area contributed by atoms with Crippen LogP contribution in [0.1, 0.15) is 389 Å². The highest BCUT2D eigenvalue weighted by Gasteiger charge is 2.30. The van der Waals surface area contributed by atoms with Gasteiger partial charge in [-0.25, -0.2) is 9.13 Å². The Balaban J connectivity index is 5.18. The number of esters is 4. The summed E-state index contributed by atoms with van der Waals surface area (Å²) in [6, 6.07) is 0. The van der Waals surface area contributed by atoms with Gasteiger partial charge >= 0.3 is 39.5 Å². The Bertz CT molecular complexity index is 1890. The third-order valence-corrected chi connectivity index (χ3v) is 20.8. The molecule has 570 valence electrons. The van der Waals surface area contributed by atoms with Crippen LogP contribution in [0.4, 0.5) is 0 Å². The van der Waals surface area contributed by atoms with Crippen molar-refractivity contribution in [3.63, 3.8) is 0 Å². The number of hydrogen-bond donors (Lipinski definition) is 3. The van der Waals surface area contributed by atoms with Gasteiger partial charge in [0.25, 0.3) is 0 Å². The molecule has 0 saturated carbocycles. The molecule has 0 aliphatic rings. The van der Waals surface area contributed by atoms with Gasteiger partial charge in [-0.05, 0) is 49.4 Å². The van der Waals surface area contributed by atoms with Crippen LogP contribution in [0.25, 0.3) is 0 Å². The van der Waals surface area contributed by atoms with E-state index in [4.69, 9.17) is 37.0 Å². The summed E-state index contributed by atoms with van der Waals surface area (Å²) in [6.45, 7) is 14.2. The molecule has 0 rings (SSSR count). The lowest BCUT2D eigenvalue weighted by molar-refractivity contribution is -0.161. The van der Waals surface area contributed by atoms with Crippen molar-refractivity contribution in [2.24, 2.45) is 23.7 Å². The number of ether oxygens (including phenoxy) is 4. The van der Waals surface area contributed by atoms with Gasteiger partial charge in [0.05, 0.1) is 26.4 Å². The zero-order valence-electron chi connectivity index (χ0n) is 63.0. The Morgan fingerprint density at radius 1 is 0.292 bits per heavy atom. The van der Waals surface area contributed by atoms with E-state index >= 15 is 0 Å². The lowest BCUT2D eigenvalue weighted by Gasteiger charge is -2.21. The highest BCUT2D eigenvalue weighted by Crippen LogP contribution is 2.45. The van der Waals surface area contributed by atoms with Gasteiger partial charge in [0.2, 0.25) is 0 Å². The molecule has 0 aromatic carbocycles. The maximum atomic E-state index is 13.1.